The fourth-order valence-corrected chi connectivity index (χ4v) is 2.50. The maximum absolute atomic E-state index is 12.2. The highest BCUT2D eigenvalue weighted by Gasteiger charge is 2.24. The minimum absolute atomic E-state index is 0.0198. The zero-order chi connectivity index (χ0) is 17.7. The Morgan fingerprint density at radius 3 is 2.50 bits per heavy atom. The fourth-order valence-electron chi connectivity index (χ4n) is 2.50. The summed E-state index contributed by atoms with van der Waals surface area (Å²) >= 11 is 0. The Kier molecular flexibility index (Phi) is 5.85. The highest BCUT2D eigenvalue weighted by atomic mass is 16.6. The van der Waals surface area contributed by atoms with Crippen LogP contribution < -0.4 is 5.32 Å². The van der Waals surface area contributed by atoms with Crippen LogP contribution in [0, 0.1) is 10.1 Å². The molecule has 2 rings (SSSR count). The highest BCUT2D eigenvalue weighted by molar-refractivity contribution is 5.78. The van der Waals surface area contributed by atoms with Crippen molar-refractivity contribution in [1.29, 1.82) is 0 Å². The van der Waals surface area contributed by atoms with E-state index in [0.29, 0.717) is 32.7 Å². The van der Waals surface area contributed by atoms with Gasteiger partial charge in [-0.2, -0.15) is 4.68 Å². The number of piperazine rings is 1. The smallest absolute Gasteiger partial charge is 0.358 e. The van der Waals surface area contributed by atoms with E-state index >= 15 is 0 Å². The molecule has 1 N–H and O–H groups in total. The summed E-state index contributed by atoms with van der Waals surface area (Å²) in [5, 5.41) is 17.2. The molecule has 0 atom stereocenters. The SMILES string of the molecule is CC(C)NC(=O)CN1CCN(C(=O)Cn2ccc([N+](=O)[O-])n2)CC1. The molecule has 1 fully saturated rings. The van der Waals surface area contributed by atoms with Gasteiger partial charge in [-0.25, -0.2) is 0 Å². The van der Waals surface area contributed by atoms with E-state index in [2.05, 4.69) is 10.4 Å². The molecule has 1 aromatic heterocycles. The van der Waals surface area contributed by atoms with E-state index in [1.165, 1.54) is 16.9 Å². The third-order valence-electron chi connectivity index (χ3n) is 3.65. The van der Waals surface area contributed by atoms with Crippen LogP contribution in [0.3, 0.4) is 0 Å². The van der Waals surface area contributed by atoms with Crippen LogP contribution in [0.4, 0.5) is 5.82 Å². The van der Waals surface area contributed by atoms with Gasteiger partial charge < -0.3 is 20.3 Å². The molecule has 1 saturated heterocycles. The van der Waals surface area contributed by atoms with Crippen LogP contribution in [0.1, 0.15) is 13.8 Å². The van der Waals surface area contributed by atoms with Gasteiger partial charge in [0.15, 0.2) is 0 Å². The highest BCUT2D eigenvalue weighted by Crippen LogP contribution is 2.07. The number of nitrogens with one attached hydrogen (secondary N) is 1. The molecular weight excluding hydrogens is 316 g/mol. The summed E-state index contributed by atoms with van der Waals surface area (Å²) in [6, 6.07) is 1.37. The first-order valence-electron chi connectivity index (χ1n) is 7.82. The number of carbonyl (C=O) groups is 2. The molecule has 1 aliphatic rings. The van der Waals surface area contributed by atoms with E-state index in [9.17, 15) is 19.7 Å². The second-order valence-electron chi connectivity index (χ2n) is 6.01. The van der Waals surface area contributed by atoms with Gasteiger partial charge in [0.05, 0.1) is 23.9 Å². The zero-order valence-electron chi connectivity index (χ0n) is 13.8. The second-order valence-corrected chi connectivity index (χ2v) is 6.01. The van der Waals surface area contributed by atoms with Crippen molar-refractivity contribution in [3.63, 3.8) is 0 Å². The van der Waals surface area contributed by atoms with E-state index in [0.717, 1.165) is 0 Å². The molecule has 10 nitrogen and oxygen atoms in total. The van der Waals surface area contributed by atoms with Crippen molar-refractivity contribution in [3.8, 4) is 0 Å². The topological polar surface area (TPSA) is 114 Å². The van der Waals surface area contributed by atoms with Gasteiger partial charge in [-0.05, 0) is 18.8 Å². The number of nitro groups is 1. The largest absolute Gasteiger partial charge is 0.389 e. The van der Waals surface area contributed by atoms with Crippen molar-refractivity contribution in [2.45, 2.75) is 26.4 Å². The molecule has 0 saturated carbocycles. The molecule has 10 heteroatoms. The van der Waals surface area contributed by atoms with Crippen LogP contribution in [0.5, 0.6) is 0 Å². The van der Waals surface area contributed by atoms with Gasteiger partial charge in [-0.1, -0.05) is 0 Å². The molecule has 1 aromatic rings. The van der Waals surface area contributed by atoms with Gasteiger partial charge in [0.1, 0.15) is 6.54 Å². The number of rotatable bonds is 6. The van der Waals surface area contributed by atoms with Gasteiger partial charge in [-0.3, -0.25) is 14.5 Å². The van der Waals surface area contributed by atoms with Gasteiger partial charge >= 0.3 is 5.82 Å². The van der Waals surface area contributed by atoms with Crippen molar-refractivity contribution in [1.82, 2.24) is 24.9 Å². The number of hydrogen-bond acceptors (Lipinski definition) is 6. The van der Waals surface area contributed by atoms with Crippen molar-refractivity contribution in [2.24, 2.45) is 0 Å². The predicted octanol–water partition coefficient (Wildman–Crippen LogP) is -0.540. The molecule has 2 heterocycles. The lowest BCUT2D eigenvalue weighted by atomic mass is 10.3. The van der Waals surface area contributed by atoms with Crippen molar-refractivity contribution < 1.29 is 14.5 Å². The van der Waals surface area contributed by atoms with Gasteiger partial charge in [0.2, 0.25) is 11.8 Å². The lowest BCUT2D eigenvalue weighted by Gasteiger charge is -2.34. The number of hydrogen-bond donors (Lipinski definition) is 1. The lowest BCUT2D eigenvalue weighted by molar-refractivity contribution is -0.389. The maximum atomic E-state index is 12.2. The van der Waals surface area contributed by atoms with Crippen molar-refractivity contribution in [2.75, 3.05) is 32.7 Å². The van der Waals surface area contributed by atoms with Gasteiger partial charge in [0.25, 0.3) is 0 Å². The van der Waals surface area contributed by atoms with Crippen LogP contribution >= 0.6 is 0 Å². The molecular formula is C14H22N6O4. The summed E-state index contributed by atoms with van der Waals surface area (Å²) in [6.45, 7) is 6.41. The monoisotopic (exact) mass is 338 g/mol. The Balaban J connectivity index is 1.77. The Labute approximate surface area is 139 Å². The summed E-state index contributed by atoms with van der Waals surface area (Å²) in [5.74, 6) is -0.434. The fraction of sp³-hybridized carbons (Fsp3) is 0.643. The standard InChI is InChI=1S/C14H22N6O4/c1-11(2)15-13(21)9-17-5-7-18(8-6-17)14(22)10-19-4-3-12(16-19)20(23)24/h3-4,11H,5-10H2,1-2H3,(H,15,21). The molecule has 0 aliphatic carbocycles. The van der Waals surface area contributed by atoms with Crippen LogP contribution in [-0.4, -0.2) is 75.1 Å². The van der Waals surface area contributed by atoms with Crippen molar-refractivity contribution in [3.05, 3.63) is 22.4 Å². The minimum atomic E-state index is -0.595. The first kappa shape index (κ1) is 17.9. The summed E-state index contributed by atoms with van der Waals surface area (Å²) in [5.41, 5.74) is 0. The lowest BCUT2D eigenvalue weighted by Crippen LogP contribution is -2.52. The summed E-state index contributed by atoms with van der Waals surface area (Å²) < 4.78 is 1.27. The Morgan fingerprint density at radius 1 is 1.29 bits per heavy atom. The Morgan fingerprint density at radius 2 is 1.96 bits per heavy atom. The first-order valence-corrected chi connectivity index (χ1v) is 7.82. The molecule has 0 radical (unpaired) electrons. The maximum Gasteiger partial charge on any atom is 0.389 e. The van der Waals surface area contributed by atoms with E-state index in [1.807, 2.05) is 18.7 Å². The molecule has 132 valence electrons. The first-order chi connectivity index (χ1) is 11.3. The Bertz CT molecular complexity index is 606. The zero-order valence-corrected chi connectivity index (χ0v) is 13.8. The average Bonchev–Trinajstić information content (AvgIpc) is 2.95. The summed E-state index contributed by atoms with van der Waals surface area (Å²) in [4.78, 5) is 37.6. The van der Waals surface area contributed by atoms with E-state index in [1.54, 1.807) is 4.90 Å². The predicted molar refractivity (Wildman–Crippen MR) is 85.2 cm³/mol. The number of nitrogens with zero attached hydrogens (tertiary/aromatic N) is 5. The normalized spacial score (nSPS) is 15.5. The molecule has 2 amide bonds. The van der Waals surface area contributed by atoms with Gasteiger partial charge in [-0.15, -0.1) is 0 Å². The second kappa shape index (κ2) is 7.86. The quantitative estimate of drug-likeness (QED) is 0.550. The van der Waals surface area contributed by atoms with Crippen LogP contribution in [-0.2, 0) is 16.1 Å². The summed E-state index contributed by atoms with van der Waals surface area (Å²) in [7, 11) is 0. The van der Waals surface area contributed by atoms with Crippen LogP contribution in [0.2, 0.25) is 0 Å². The number of carbonyl (C=O) groups excluding carboxylic acids is 2. The third-order valence-corrected chi connectivity index (χ3v) is 3.65. The van der Waals surface area contributed by atoms with Gasteiger partial charge in [0, 0.05) is 32.2 Å². The molecule has 1 aliphatic heterocycles. The van der Waals surface area contributed by atoms with Crippen molar-refractivity contribution >= 4 is 17.6 Å². The number of aromatic nitrogens is 2. The molecule has 0 bridgehead atoms. The molecule has 0 spiro atoms. The van der Waals surface area contributed by atoms with E-state index in [4.69, 9.17) is 0 Å². The van der Waals surface area contributed by atoms with E-state index in [-0.39, 0.29) is 30.2 Å². The van der Waals surface area contributed by atoms with Crippen LogP contribution in [0.25, 0.3) is 0 Å². The van der Waals surface area contributed by atoms with E-state index < -0.39 is 4.92 Å². The molecule has 24 heavy (non-hydrogen) atoms. The minimum Gasteiger partial charge on any atom is -0.358 e. The molecule has 0 unspecified atom stereocenters. The van der Waals surface area contributed by atoms with Crippen LogP contribution in [0.15, 0.2) is 12.3 Å². The Hall–Kier alpha value is -2.49. The number of amides is 2. The summed E-state index contributed by atoms with van der Waals surface area (Å²) in [6.07, 6.45) is 1.42. The average molecular weight is 338 g/mol. The molecule has 0 aromatic carbocycles. The third kappa shape index (κ3) is 5.01.